The summed E-state index contributed by atoms with van der Waals surface area (Å²) < 4.78 is 0. The van der Waals surface area contributed by atoms with E-state index in [9.17, 15) is 5.11 Å². The Kier molecular flexibility index (Phi) is 1.90. The van der Waals surface area contributed by atoms with Crippen molar-refractivity contribution in [1.29, 1.82) is 0 Å². The highest BCUT2D eigenvalue weighted by Gasteiger charge is 2.13. The van der Waals surface area contributed by atoms with Crippen LogP contribution in [0.25, 0.3) is 0 Å². The lowest BCUT2D eigenvalue weighted by molar-refractivity contribution is 0.372. The summed E-state index contributed by atoms with van der Waals surface area (Å²) in [5.41, 5.74) is 0.931. The molecule has 0 aromatic rings. The van der Waals surface area contributed by atoms with E-state index in [0.29, 0.717) is 5.76 Å². The molecule has 0 saturated carbocycles. The SMILES string of the molecule is CN=C1C=CC=C(O)C1C. The Morgan fingerprint density at radius 2 is 2.30 bits per heavy atom. The fraction of sp³-hybridized carbons (Fsp3) is 0.375. The van der Waals surface area contributed by atoms with E-state index in [1.807, 2.05) is 13.0 Å². The van der Waals surface area contributed by atoms with Gasteiger partial charge in [0, 0.05) is 12.8 Å². The predicted molar refractivity (Wildman–Crippen MR) is 42.4 cm³/mol. The Morgan fingerprint density at radius 3 is 2.80 bits per heavy atom. The van der Waals surface area contributed by atoms with Gasteiger partial charge in [0.15, 0.2) is 0 Å². The van der Waals surface area contributed by atoms with Crippen LogP contribution in [0.4, 0.5) is 0 Å². The molecule has 0 aliphatic heterocycles. The molecule has 54 valence electrons. The molecule has 1 aliphatic rings. The van der Waals surface area contributed by atoms with Crippen LogP contribution in [-0.4, -0.2) is 17.9 Å². The van der Waals surface area contributed by atoms with Gasteiger partial charge in [-0.2, -0.15) is 0 Å². The fourth-order valence-corrected chi connectivity index (χ4v) is 0.954. The highest BCUT2D eigenvalue weighted by atomic mass is 16.3. The number of hydrogen-bond acceptors (Lipinski definition) is 2. The van der Waals surface area contributed by atoms with Gasteiger partial charge in [0.05, 0.1) is 5.92 Å². The normalized spacial score (nSPS) is 28.8. The highest BCUT2D eigenvalue weighted by molar-refractivity contribution is 5.99. The summed E-state index contributed by atoms with van der Waals surface area (Å²) in [7, 11) is 1.73. The van der Waals surface area contributed by atoms with Gasteiger partial charge in [-0.1, -0.05) is 6.08 Å². The second-order valence-electron chi connectivity index (χ2n) is 2.32. The van der Waals surface area contributed by atoms with Crippen molar-refractivity contribution in [2.75, 3.05) is 7.05 Å². The smallest absolute Gasteiger partial charge is 0.101 e. The molecule has 0 fully saturated rings. The second kappa shape index (κ2) is 2.69. The Hall–Kier alpha value is -1.05. The molecule has 10 heavy (non-hydrogen) atoms. The third-order valence-electron chi connectivity index (χ3n) is 1.68. The van der Waals surface area contributed by atoms with Gasteiger partial charge in [0.2, 0.25) is 0 Å². The highest BCUT2D eigenvalue weighted by Crippen LogP contribution is 2.14. The first kappa shape index (κ1) is 7.06. The first-order valence-electron chi connectivity index (χ1n) is 3.29. The summed E-state index contributed by atoms with van der Waals surface area (Å²) in [6.45, 7) is 1.93. The molecule has 1 N–H and O–H groups in total. The van der Waals surface area contributed by atoms with E-state index in [2.05, 4.69) is 4.99 Å². The number of aliphatic hydroxyl groups excluding tert-OH is 1. The van der Waals surface area contributed by atoms with Gasteiger partial charge in [-0.25, -0.2) is 0 Å². The molecule has 0 spiro atoms. The number of hydrogen-bond donors (Lipinski definition) is 1. The van der Waals surface area contributed by atoms with Crippen molar-refractivity contribution < 1.29 is 5.11 Å². The largest absolute Gasteiger partial charge is 0.512 e. The summed E-state index contributed by atoms with van der Waals surface area (Å²) in [4.78, 5) is 4.01. The minimum absolute atomic E-state index is 0.0648. The summed E-state index contributed by atoms with van der Waals surface area (Å²) in [6.07, 6.45) is 5.40. The van der Waals surface area contributed by atoms with Gasteiger partial charge in [-0.3, -0.25) is 4.99 Å². The van der Waals surface area contributed by atoms with Gasteiger partial charge in [-0.05, 0) is 19.1 Å². The van der Waals surface area contributed by atoms with E-state index in [-0.39, 0.29) is 5.92 Å². The van der Waals surface area contributed by atoms with Crippen molar-refractivity contribution in [1.82, 2.24) is 0 Å². The number of nitrogens with zero attached hydrogens (tertiary/aromatic N) is 1. The zero-order valence-corrected chi connectivity index (χ0v) is 6.20. The van der Waals surface area contributed by atoms with Crippen LogP contribution in [0.2, 0.25) is 0 Å². The van der Waals surface area contributed by atoms with Crippen LogP contribution in [0.3, 0.4) is 0 Å². The molecule has 0 heterocycles. The second-order valence-corrected chi connectivity index (χ2v) is 2.32. The van der Waals surface area contributed by atoms with Crippen LogP contribution in [0, 0.1) is 5.92 Å². The standard InChI is InChI=1S/C8H11NO/c1-6-7(9-2)4-3-5-8(6)10/h3-6,10H,1-2H3. The van der Waals surface area contributed by atoms with E-state index >= 15 is 0 Å². The van der Waals surface area contributed by atoms with Crippen LogP contribution in [0.15, 0.2) is 29.0 Å². The molecule has 0 amide bonds. The molecule has 0 radical (unpaired) electrons. The van der Waals surface area contributed by atoms with Gasteiger partial charge in [0.25, 0.3) is 0 Å². The Morgan fingerprint density at radius 1 is 1.60 bits per heavy atom. The first-order valence-corrected chi connectivity index (χ1v) is 3.29. The van der Waals surface area contributed by atoms with E-state index in [1.165, 1.54) is 0 Å². The summed E-state index contributed by atoms with van der Waals surface area (Å²) in [6, 6.07) is 0. The maximum absolute atomic E-state index is 9.21. The van der Waals surface area contributed by atoms with E-state index in [1.54, 1.807) is 19.2 Å². The summed E-state index contributed by atoms with van der Waals surface area (Å²) in [5, 5.41) is 9.21. The van der Waals surface area contributed by atoms with Crippen molar-refractivity contribution in [2.45, 2.75) is 6.92 Å². The number of aliphatic imine (C=N–C) groups is 1. The lowest BCUT2D eigenvalue weighted by Crippen LogP contribution is -2.13. The minimum Gasteiger partial charge on any atom is -0.512 e. The van der Waals surface area contributed by atoms with Gasteiger partial charge >= 0.3 is 0 Å². The first-order chi connectivity index (χ1) is 4.75. The molecule has 0 aromatic carbocycles. The van der Waals surface area contributed by atoms with Crippen LogP contribution in [-0.2, 0) is 0 Å². The molecule has 2 nitrogen and oxygen atoms in total. The Bertz CT molecular complexity index is 213. The molecular formula is C8H11NO. The van der Waals surface area contributed by atoms with Crippen molar-refractivity contribution in [3.8, 4) is 0 Å². The zero-order chi connectivity index (χ0) is 7.56. The summed E-state index contributed by atoms with van der Waals surface area (Å²) in [5.74, 6) is 0.457. The third kappa shape index (κ3) is 1.10. The van der Waals surface area contributed by atoms with Gasteiger partial charge in [0.1, 0.15) is 5.76 Å². The van der Waals surface area contributed by atoms with Crippen LogP contribution >= 0.6 is 0 Å². The van der Waals surface area contributed by atoms with E-state index < -0.39 is 0 Å². The molecular weight excluding hydrogens is 126 g/mol. The molecule has 0 aromatic heterocycles. The van der Waals surface area contributed by atoms with Crippen molar-refractivity contribution >= 4 is 5.71 Å². The molecule has 1 rings (SSSR count). The van der Waals surface area contributed by atoms with Crippen LogP contribution < -0.4 is 0 Å². The average Bonchev–Trinajstić information content (AvgIpc) is 1.95. The van der Waals surface area contributed by atoms with Gasteiger partial charge in [-0.15, -0.1) is 0 Å². The summed E-state index contributed by atoms with van der Waals surface area (Å²) >= 11 is 0. The maximum atomic E-state index is 9.21. The average molecular weight is 137 g/mol. The van der Waals surface area contributed by atoms with Crippen molar-refractivity contribution in [2.24, 2.45) is 10.9 Å². The fourth-order valence-electron chi connectivity index (χ4n) is 0.954. The topological polar surface area (TPSA) is 32.6 Å². The van der Waals surface area contributed by atoms with Crippen LogP contribution in [0.1, 0.15) is 6.92 Å². The molecule has 1 atom stereocenters. The molecule has 0 bridgehead atoms. The zero-order valence-electron chi connectivity index (χ0n) is 6.20. The predicted octanol–water partition coefficient (Wildman–Crippen LogP) is 1.71. The number of aliphatic hydroxyl groups is 1. The molecule has 0 saturated heterocycles. The maximum Gasteiger partial charge on any atom is 0.101 e. The van der Waals surface area contributed by atoms with Crippen molar-refractivity contribution in [3.63, 3.8) is 0 Å². The number of allylic oxidation sites excluding steroid dienone is 4. The van der Waals surface area contributed by atoms with Gasteiger partial charge < -0.3 is 5.11 Å². The Labute approximate surface area is 60.6 Å². The minimum atomic E-state index is 0.0648. The third-order valence-corrected chi connectivity index (χ3v) is 1.68. The monoisotopic (exact) mass is 137 g/mol. The lowest BCUT2D eigenvalue weighted by Gasteiger charge is -2.12. The Balaban J connectivity index is 2.89. The molecule has 2 heteroatoms. The number of rotatable bonds is 0. The van der Waals surface area contributed by atoms with E-state index in [4.69, 9.17) is 0 Å². The van der Waals surface area contributed by atoms with Crippen LogP contribution in [0.5, 0.6) is 0 Å². The van der Waals surface area contributed by atoms with Crippen molar-refractivity contribution in [3.05, 3.63) is 24.0 Å². The quantitative estimate of drug-likeness (QED) is 0.541. The molecule has 1 unspecified atom stereocenters. The molecule has 1 aliphatic carbocycles. The van der Waals surface area contributed by atoms with E-state index in [0.717, 1.165) is 5.71 Å². The lowest BCUT2D eigenvalue weighted by atomic mass is 9.99.